The lowest BCUT2D eigenvalue weighted by Gasteiger charge is -2.17. The molecule has 0 saturated carbocycles. The molecule has 35 heavy (non-hydrogen) atoms. The molecule has 10 heteroatoms. The highest BCUT2D eigenvalue weighted by molar-refractivity contribution is 5.47. The molecule has 0 N–H and O–H groups in total. The van der Waals surface area contributed by atoms with E-state index < -0.39 is 17.3 Å². The highest BCUT2D eigenvalue weighted by atomic mass is 19.1. The Morgan fingerprint density at radius 3 is 2.57 bits per heavy atom. The van der Waals surface area contributed by atoms with Crippen LogP contribution < -0.4 is 15.3 Å². The molecule has 2 aromatic heterocycles. The Morgan fingerprint density at radius 1 is 1.09 bits per heavy atom. The predicted molar refractivity (Wildman–Crippen MR) is 124 cm³/mol. The van der Waals surface area contributed by atoms with Gasteiger partial charge in [0.25, 0.3) is 0 Å². The summed E-state index contributed by atoms with van der Waals surface area (Å²) in [7, 11) is 0. The molecule has 1 fully saturated rings. The smallest absolute Gasteiger partial charge is 0.350 e. The number of pyridine rings is 1. The molecule has 1 unspecified atom stereocenters. The Hall–Kier alpha value is -4.52. The van der Waals surface area contributed by atoms with Crippen LogP contribution >= 0.6 is 0 Å². The quantitative estimate of drug-likeness (QED) is 0.421. The molecule has 0 spiro atoms. The Morgan fingerprint density at radius 2 is 1.86 bits per heavy atom. The molecule has 2 aromatic carbocycles. The van der Waals surface area contributed by atoms with Gasteiger partial charge >= 0.3 is 5.69 Å². The third-order valence-electron chi connectivity index (χ3n) is 5.85. The summed E-state index contributed by atoms with van der Waals surface area (Å²) in [6.45, 7) is 1.15. The van der Waals surface area contributed by atoms with E-state index in [0.29, 0.717) is 23.7 Å². The second-order valence-electron chi connectivity index (χ2n) is 8.16. The monoisotopic (exact) mass is 474 g/mol. The van der Waals surface area contributed by atoms with Crippen LogP contribution in [0.4, 0.5) is 14.6 Å². The normalized spacial score (nSPS) is 15.2. The summed E-state index contributed by atoms with van der Waals surface area (Å²) in [5.74, 6) is 0.450. The predicted octanol–water partition coefficient (Wildman–Crippen LogP) is 3.90. The third-order valence-corrected chi connectivity index (χ3v) is 5.85. The van der Waals surface area contributed by atoms with Crippen molar-refractivity contribution in [3.8, 4) is 23.3 Å². The van der Waals surface area contributed by atoms with Crippen molar-refractivity contribution in [1.82, 2.24) is 19.3 Å². The van der Waals surface area contributed by atoms with E-state index in [1.807, 2.05) is 6.07 Å². The van der Waals surface area contributed by atoms with Gasteiger partial charge in [0.2, 0.25) is 0 Å². The van der Waals surface area contributed by atoms with Crippen molar-refractivity contribution in [1.29, 1.82) is 5.26 Å². The van der Waals surface area contributed by atoms with Crippen molar-refractivity contribution in [3.05, 3.63) is 94.8 Å². The fourth-order valence-corrected chi connectivity index (χ4v) is 3.98. The van der Waals surface area contributed by atoms with Gasteiger partial charge in [-0.15, -0.1) is 0 Å². The number of ether oxygens (including phenoxy) is 1. The van der Waals surface area contributed by atoms with Gasteiger partial charge in [0.05, 0.1) is 24.2 Å². The van der Waals surface area contributed by atoms with E-state index in [1.54, 1.807) is 36.5 Å². The average molecular weight is 474 g/mol. The minimum Gasteiger partial charge on any atom is -0.457 e. The summed E-state index contributed by atoms with van der Waals surface area (Å²) in [4.78, 5) is 19.2. The maximum absolute atomic E-state index is 14.0. The van der Waals surface area contributed by atoms with E-state index in [9.17, 15) is 13.6 Å². The molecule has 8 nitrogen and oxygen atoms in total. The van der Waals surface area contributed by atoms with E-state index in [4.69, 9.17) is 10.00 Å². The van der Waals surface area contributed by atoms with Crippen LogP contribution in [0.25, 0.3) is 5.69 Å². The fraction of sp³-hybridized carbons (Fsp3) is 0.200. The topological polar surface area (TPSA) is 89.0 Å². The van der Waals surface area contributed by atoms with Crippen LogP contribution in [0, 0.1) is 28.9 Å². The summed E-state index contributed by atoms with van der Waals surface area (Å²) in [5, 5.41) is 13.2. The lowest BCUT2D eigenvalue weighted by atomic mass is 10.1. The van der Waals surface area contributed by atoms with Crippen molar-refractivity contribution in [3.63, 3.8) is 0 Å². The van der Waals surface area contributed by atoms with E-state index in [0.717, 1.165) is 40.2 Å². The summed E-state index contributed by atoms with van der Waals surface area (Å²) in [5.41, 5.74) is -0.252. The van der Waals surface area contributed by atoms with Gasteiger partial charge < -0.3 is 9.64 Å². The first kappa shape index (κ1) is 22.3. The zero-order chi connectivity index (χ0) is 24.4. The SMILES string of the molecule is N#CC1CCN(c2cc(Oc3ccc(-n4ncn(Cc5c(F)cccc5F)c4=O)cc3)ccn2)C1. The number of halogens is 2. The van der Waals surface area contributed by atoms with Gasteiger partial charge in [-0.1, -0.05) is 6.07 Å². The minimum atomic E-state index is -0.722. The Labute approximate surface area is 199 Å². The number of nitriles is 1. The highest BCUT2D eigenvalue weighted by Gasteiger charge is 2.23. The molecule has 0 bridgehead atoms. The van der Waals surface area contributed by atoms with Crippen LogP contribution in [-0.2, 0) is 6.54 Å². The van der Waals surface area contributed by atoms with E-state index in [2.05, 4.69) is 21.1 Å². The van der Waals surface area contributed by atoms with Gasteiger partial charge in [0.1, 0.15) is 35.3 Å². The second-order valence-corrected chi connectivity index (χ2v) is 8.16. The maximum Gasteiger partial charge on any atom is 0.350 e. The third kappa shape index (κ3) is 4.61. The molecule has 5 rings (SSSR count). The summed E-state index contributed by atoms with van der Waals surface area (Å²) < 4.78 is 36.1. The minimum absolute atomic E-state index is 0.00606. The Bertz CT molecular complexity index is 1440. The summed E-state index contributed by atoms with van der Waals surface area (Å²) in [6, 6.07) is 16.1. The molecule has 1 aliphatic rings. The maximum atomic E-state index is 14.0. The highest BCUT2D eigenvalue weighted by Crippen LogP contribution is 2.28. The number of aromatic nitrogens is 4. The van der Waals surface area contributed by atoms with Crippen LogP contribution in [0.3, 0.4) is 0 Å². The van der Waals surface area contributed by atoms with Crippen molar-refractivity contribution >= 4 is 5.82 Å². The van der Waals surface area contributed by atoms with Crippen molar-refractivity contribution in [2.24, 2.45) is 5.92 Å². The van der Waals surface area contributed by atoms with Gasteiger partial charge in [-0.3, -0.25) is 4.57 Å². The molecular formula is C25H20F2N6O2. The van der Waals surface area contributed by atoms with E-state index >= 15 is 0 Å². The number of hydrogen-bond acceptors (Lipinski definition) is 6. The first-order valence-corrected chi connectivity index (χ1v) is 11.0. The van der Waals surface area contributed by atoms with Crippen molar-refractivity contribution in [2.45, 2.75) is 13.0 Å². The number of benzene rings is 2. The summed E-state index contributed by atoms with van der Waals surface area (Å²) in [6.07, 6.45) is 3.71. The number of hydrogen-bond donors (Lipinski definition) is 0. The molecule has 4 aromatic rings. The van der Waals surface area contributed by atoms with Crippen molar-refractivity contribution in [2.75, 3.05) is 18.0 Å². The molecule has 3 heterocycles. The van der Waals surface area contributed by atoms with E-state index in [1.165, 1.54) is 12.4 Å². The van der Waals surface area contributed by atoms with Gasteiger partial charge in [0, 0.05) is 30.9 Å². The van der Waals surface area contributed by atoms with E-state index in [-0.39, 0.29) is 18.0 Å². The van der Waals surface area contributed by atoms with Crippen LogP contribution in [-0.4, -0.2) is 32.4 Å². The standard InChI is InChI=1S/C25H20F2N6O2/c26-22-2-1-3-23(27)21(22)15-32-16-30-33(25(32)34)18-4-6-19(7-5-18)35-20-8-10-29-24(12-20)31-11-9-17(13-28)14-31/h1-8,10,12,16-17H,9,11,14-15H2. The molecule has 0 radical (unpaired) electrons. The zero-order valence-corrected chi connectivity index (χ0v) is 18.5. The largest absolute Gasteiger partial charge is 0.457 e. The molecular weight excluding hydrogens is 454 g/mol. The number of nitrogens with zero attached hydrogens (tertiary/aromatic N) is 6. The molecule has 1 atom stereocenters. The number of anilines is 1. The van der Waals surface area contributed by atoms with Crippen molar-refractivity contribution < 1.29 is 13.5 Å². The first-order chi connectivity index (χ1) is 17.0. The molecule has 0 amide bonds. The molecule has 1 saturated heterocycles. The fourth-order valence-electron chi connectivity index (χ4n) is 3.98. The zero-order valence-electron chi connectivity index (χ0n) is 18.5. The Kier molecular flexibility index (Phi) is 5.97. The van der Waals surface area contributed by atoms with Crippen LogP contribution in [0.2, 0.25) is 0 Å². The van der Waals surface area contributed by atoms with Gasteiger partial charge in [-0.05, 0) is 48.9 Å². The first-order valence-electron chi connectivity index (χ1n) is 11.0. The van der Waals surface area contributed by atoms with Gasteiger partial charge in [-0.2, -0.15) is 15.0 Å². The average Bonchev–Trinajstić information content (AvgIpc) is 3.49. The Balaban J connectivity index is 1.30. The summed E-state index contributed by atoms with van der Waals surface area (Å²) >= 11 is 0. The lowest BCUT2D eigenvalue weighted by molar-refractivity contribution is 0.481. The molecule has 1 aliphatic heterocycles. The molecule has 176 valence electrons. The molecule has 0 aliphatic carbocycles. The lowest BCUT2D eigenvalue weighted by Crippen LogP contribution is -2.24. The number of rotatable bonds is 6. The van der Waals surface area contributed by atoms with Gasteiger partial charge in [-0.25, -0.2) is 18.6 Å². The van der Waals surface area contributed by atoms with Crippen LogP contribution in [0.5, 0.6) is 11.5 Å². The van der Waals surface area contributed by atoms with Crippen LogP contribution in [0.1, 0.15) is 12.0 Å². The second kappa shape index (κ2) is 9.38. The van der Waals surface area contributed by atoms with Gasteiger partial charge in [0.15, 0.2) is 0 Å². The van der Waals surface area contributed by atoms with Crippen LogP contribution in [0.15, 0.2) is 71.9 Å².